The van der Waals surface area contributed by atoms with E-state index in [4.69, 9.17) is 0 Å². The molecule has 0 unspecified atom stereocenters. The molecule has 25 heavy (non-hydrogen) atoms. The van der Waals surface area contributed by atoms with Gasteiger partial charge in [-0.25, -0.2) is 0 Å². The lowest BCUT2D eigenvalue weighted by Crippen LogP contribution is -2.14. The molecule has 0 heterocycles. The van der Waals surface area contributed by atoms with Crippen LogP contribution < -0.4 is 0 Å². The third-order valence-corrected chi connectivity index (χ3v) is 4.83. The van der Waals surface area contributed by atoms with E-state index >= 15 is 0 Å². The summed E-state index contributed by atoms with van der Waals surface area (Å²) in [6.07, 6.45) is 0.545. The van der Waals surface area contributed by atoms with Gasteiger partial charge in [0.15, 0.2) is 5.78 Å². The maximum atomic E-state index is 12.6. The molecule has 0 atom stereocenters. The largest absolute Gasteiger partial charge is 0.507 e. The molecule has 2 nitrogen and oxygen atoms in total. The van der Waals surface area contributed by atoms with E-state index in [0.717, 1.165) is 16.7 Å². The molecule has 0 spiro atoms. The van der Waals surface area contributed by atoms with Crippen LogP contribution in [0.3, 0.4) is 0 Å². The van der Waals surface area contributed by atoms with Crippen LogP contribution in [0.15, 0.2) is 17.7 Å². The van der Waals surface area contributed by atoms with E-state index in [-0.39, 0.29) is 29.3 Å². The van der Waals surface area contributed by atoms with Crippen LogP contribution in [-0.2, 0) is 4.79 Å². The molecule has 0 saturated carbocycles. The Morgan fingerprint density at radius 2 is 1.32 bits per heavy atom. The molecule has 0 bridgehead atoms. The van der Waals surface area contributed by atoms with Crippen LogP contribution in [0.4, 0.5) is 0 Å². The summed E-state index contributed by atoms with van der Waals surface area (Å²) in [5.74, 6) is 1.10. The van der Waals surface area contributed by atoms with Gasteiger partial charge < -0.3 is 5.11 Å². The van der Waals surface area contributed by atoms with Crippen molar-refractivity contribution >= 4 is 11.5 Å². The smallest absolute Gasteiger partial charge is 0.165 e. The van der Waals surface area contributed by atoms with Crippen LogP contribution in [0.2, 0.25) is 0 Å². The molecule has 0 amide bonds. The number of carbonyl (C=O) groups excluding carboxylic acids is 1. The Bertz CT molecular complexity index is 617. The van der Waals surface area contributed by atoms with Gasteiger partial charge in [-0.15, -0.1) is 0 Å². The minimum atomic E-state index is -0.114. The Morgan fingerprint density at radius 3 is 1.60 bits per heavy atom. The zero-order chi connectivity index (χ0) is 19.5. The van der Waals surface area contributed by atoms with Gasteiger partial charge >= 0.3 is 0 Å². The third-order valence-electron chi connectivity index (χ3n) is 4.83. The normalized spacial score (nSPS) is 13.2. The zero-order valence-electron chi connectivity index (χ0n) is 17.5. The van der Waals surface area contributed by atoms with Gasteiger partial charge in [-0.3, -0.25) is 4.79 Å². The topological polar surface area (TPSA) is 37.3 Å². The van der Waals surface area contributed by atoms with Gasteiger partial charge in [0.05, 0.1) is 0 Å². The molecule has 0 aliphatic carbocycles. The number of allylic oxidation sites excluding steroid dienone is 1. The lowest BCUT2D eigenvalue weighted by Gasteiger charge is -2.24. The average molecular weight is 345 g/mol. The molecule has 1 aromatic carbocycles. The van der Waals surface area contributed by atoms with E-state index in [0.29, 0.717) is 17.9 Å². The van der Waals surface area contributed by atoms with Crippen molar-refractivity contribution < 1.29 is 9.90 Å². The highest BCUT2D eigenvalue weighted by atomic mass is 16.3. The van der Waals surface area contributed by atoms with E-state index < -0.39 is 0 Å². The molecule has 0 aliphatic heterocycles. The minimum absolute atomic E-state index is 0.0392. The van der Waals surface area contributed by atoms with E-state index in [1.165, 1.54) is 5.56 Å². The number of ketones is 1. The number of benzene rings is 1. The van der Waals surface area contributed by atoms with Gasteiger partial charge in [0, 0.05) is 17.1 Å². The van der Waals surface area contributed by atoms with Crippen molar-refractivity contribution in [2.24, 2.45) is 5.92 Å². The number of rotatable bonds is 7. The monoisotopic (exact) mass is 344 g/mol. The molecule has 2 heteroatoms. The molecule has 0 fully saturated rings. The van der Waals surface area contributed by atoms with E-state index in [2.05, 4.69) is 53.7 Å². The van der Waals surface area contributed by atoms with Crippen molar-refractivity contribution in [2.45, 2.75) is 86.5 Å². The molecular formula is C23H36O2. The maximum absolute atomic E-state index is 12.6. The number of Topliss-reactive ketones (excluding diaryl/α,β-unsaturated/α-hetero) is 1. The minimum Gasteiger partial charge on any atom is -0.507 e. The average Bonchev–Trinajstić information content (AvgIpc) is 2.53. The molecule has 1 aromatic rings. The first-order chi connectivity index (χ1) is 11.5. The third kappa shape index (κ3) is 4.74. The Kier molecular flexibility index (Phi) is 7.46. The van der Waals surface area contributed by atoms with Crippen molar-refractivity contribution in [3.8, 4) is 0 Å². The summed E-state index contributed by atoms with van der Waals surface area (Å²) in [6.45, 7) is 18.7. The summed E-state index contributed by atoms with van der Waals surface area (Å²) in [5, 5.41) is 11.1. The summed E-state index contributed by atoms with van der Waals surface area (Å²) in [6, 6.07) is 4.42. The van der Waals surface area contributed by atoms with Crippen molar-refractivity contribution in [1.82, 2.24) is 0 Å². The van der Waals surface area contributed by atoms with Gasteiger partial charge in [0.2, 0.25) is 0 Å². The number of hydrogen-bond acceptors (Lipinski definition) is 2. The number of hydrogen-bond donors (Lipinski definition) is 1. The van der Waals surface area contributed by atoms with E-state index in [9.17, 15) is 9.90 Å². The van der Waals surface area contributed by atoms with Gasteiger partial charge in [-0.05, 0) is 40.9 Å². The number of aliphatic hydroxyl groups excluding tert-OH is 1. The van der Waals surface area contributed by atoms with Crippen LogP contribution in [0.5, 0.6) is 0 Å². The second-order valence-electron chi connectivity index (χ2n) is 8.24. The lowest BCUT2D eigenvalue weighted by molar-refractivity contribution is -0.118. The van der Waals surface area contributed by atoms with Crippen LogP contribution >= 0.6 is 0 Å². The Morgan fingerprint density at radius 1 is 0.880 bits per heavy atom. The van der Waals surface area contributed by atoms with Crippen molar-refractivity contribution in [1.29, 1.82) is 0 Å². The predicted octanol–water partition coefficient (Wildman–Crippen LogP) is 6.96. The first kappa shape index (κ1) is 21.5. The molecule has 0 saturated heterocycles. The maximum Gasteiger partial charge on any atom is 0.165 e. The summed E-state index contributed by atoms with van der Waals surface area (Å²) in [7, 11) is 0. The fourth-order valence-corrected chi connectivity index (χ4v) is 3.19. The van der Waals surface area contributed by atoms with Crippen LogP contribution in [0, 0.1) is 5.92 Å². The molecule has 0 aromatic heterocycles. The van der Waals surface area contributed by atoms with Gasteiger partial charge in [-0.1, -0.05) is 74.4 Å². The standard InChI is InChI=1S/C23H36O2/c1-10-18(22(24)16(8)9)23(25)21-19(14(4)5)11-17(13(2)3)12-20(21)15(6)7/h11-16,25H,10H2,1-9H3/b23-18-. The van der Waals surface area contributed by atoms with E-state index in [1.807, 2.05) is 20.8 Å². The molecule has 0 aliphatic rings. The van der Waals surface area contributed by atoms with Crippen molar-refractivity contribution in [3.63, 3.8) is 0 Å². The van der Waals surface area contributed by atoms with Crippen LogP contribution in [0.25, 0.3) is 5.76 Å². The summed E-state index contributed by atoms with van der Waals surface area (Å²) in [5.41, 5.74) is 4.98. The highest BCUT2D eigenvalue weighted by Crippen LogP contribution is 2.37. The summed E-state index contributed by atoms with van der Waals surface area (Å²) >= 11 is 0. The predicted molar refractivity (Wildman–Crippen MR) is 108 cm³/mol. The van der Waals surface area contributed by atoms with E-state index in [1.54, 1.807) is 0 Å². The molecule has 140 valence electrons. The Balaban J connectivity index is 3.85. The second kappa shape index (κ2) is 8.69. The quantitative estimate of drug-likeness (QED) is 0.429. The fourth-order valence-electron chi connectivity index (χ4n) is 3.19. The van der Waals surface area contributed by atoms with Crippen LogP contribution in [0.1, 0.15) is 109 Å². The summed E-state index contributed by atoms with van der Waals surface area (Å²) < 4.78 is 0. The van der Waals surface area contributed by atoms with Gasteiger partial charge in [-0.2, -0.15) is 0 Å². The highest BCUT2D eigenvalue weighted by Gasteiger charge is 2.24. The number of aliphatic hydroxyl groups is 1. The highest BCUT2D eigenvalue weighted by molar-refractivity contribution is 6.02. The van der Waals surface area contributed by atoms with Gasteiger partial charge in [0.1, 0.15) is 5.76 Å². The first-order valence-corrected chi connectivity index (χ1v) is 9.67. The molecule has 1 rings (SSSR count). The van der Waals surface area contributed by atoms with Gasteiger partial charge in [0.25, 0.3) is 0 Å². The van der Waals surface area contributed by atoms with Crippen molar-refractivity contribution in [3.05, 3.63) is 40.0 Å². The fraction of sp³-hybridized carbons (Fsp3) is 0.609. The van der Waals surface area contributed by atoms with Crippen molar-refractivity contribution in [2.75, 3.05) is 0 Å². The number of carbonyl (C=O) groups is 1. The Hall–Kier alpha value is -1.57. The summed E-state index contributed by atoms with van der Waals surface area (Å²) in [4.78, 5) is 12.6. The SMILES string of the molecule is CC/C(C(=O)C(C)C)=C(/O)c1c(C(C)C)cc(C(C)C)cc1C(C)C. The second-order valence-corrected chi connectivity index (χ2v) is 8.24. The molecule has 0 radical (unpaired) electrons. The lowest BCUT2D eigenvalue weighted by atomic mass is 9.82. The Labute approximate surface area is 154 Å². The van der Waals surface area contributed by atoms with Crippen LogP contribution in [-0.4, -0.2) is 10.9 Å². The zero-order valence-corrected chi connectivity index (χ0v) is 17.5. The first-order valence-electron chi connectivity index (χ1n) is 9.67. The molecular weight excluding hydrogens is 308 g/mol. The molecule has 1 N–H and O–H groups in total.